The highest BCUT2D eigenvalue weighted by Crippen LogP contribution is 2.38. The van der Waals surface area contributed by atoms with Crippen molar-refractivity contribution in [1.82, 2.24) is 29.9 Å². The van der Waals surface area contributed by atoms with Crippen LogP contribution in [0.5, 0.6) is 5.75 Å². The van der Waals surface area contributed by atoms with Gasteiger partial charge in [-0.05, 0) is 44.6 Å². The SMILES string of the molecule is C=CC(=O)Nc1cc(Nc2nccc(-n3nnc4ccccc43)n2)c(OC)cc1N(C=C)CCN(C)C. The van der Waals surface area contributed by atoms with Gasteiger partial charge >= 0.3 is 0 Å². The number of amides is 1. The lowest BCUT2D eigenvalue weighted by Crippen LogP contribution is -2.28. The fraction of sp³-hybridized carbons (Fsp3) is 0.192. The van der Waals surface area contributed by atoms with Gasteiger partial charge in [0.05, 0.1) is 29.7 Å². The van der Waals surface area contributed by atoms with Gasteiger partial charge in [0.2, 0.25) is 11.9 Å². The number of rotatable bonds is 11. The van der Waals surface area contributed by atoms with Gasteiger partial charge in [0.15, 0.2) is 5.82 Å². The second kappa shape index (κ2) is 11.3. The van der Waals surface area contributed by atoms with Crippen molar-refractivity contribution in [3.63, 3.8) is 0 Å². The third-order valence-corrected chi connectivity index (χ3v) is 5.54. The minimum Gasteiger partial charge on any atom is -0.494 e. The Morgan fingerprint density at radius 3 is 2.68 bits per heavy atom. The van der Waals surface area contributed by atoms with Crippen molar-refractivity contribution in [1.29, 1.82) is 0 Å². The van der Waals surface area contributed by atoms with E-state index in [1.54, 1.807) is 36.3 Å². The van der Waals surface area contributed by atoms with Gasteiger partial charge in [0.1, 0.15) is 11.3 Å². The number of carbonyl (C=O) groups excluding carboxylic acids is 1. The van der Waals surface area contributed by atoms with Gasteiger partial charge in [-0.15, -0.1) is 5.10 Å². The van der Waals surface area contributed by atoms with Crippen molar-refractivity contribution in [2.24, 2.45) is 0 Å². The molecule has 0 atom stereocenters. The first-order valence-corrected chi connectivity index (χ1v) is 11.5. The Morgan fingerprint density at radius 1 is 1.14 bits per heavy atom. The normalized spacial score (nSPS) is 10.8. The van der Waals surface area contributed by atoms with Crippen molar-refractivity contribution in [3.8, 4) is 11.6 Å². The summed E-state index contributed by atoms with van der Waals surface area (Å²) in [5.74, 6) is 1.05. The first-order valence-electron chi connectivity index (χ1n) is 11.5. The molecule has 11 heteroatoms. The molecule has 11 nitrogen and oxygen atoms in total. The summed E-state index contributed by atoms with van der Waals surface area (Å²) in [6, 6.07) is 13.0. The molecule has 0 aliphatic heterocycles. The zero-order valence-electron chi connectivity index (χ0n) is 21.0. The molecule has 2 N–H and O–H groups in total. The summed E-state index contributed by atoms with van der Waals surface area (Å²) in [4.78, 5) is 25.2. The van der Waals surface area contributed by atoms with Gasteiger partial charge in [0.25, 0.3) is 0 Å². The molecular weight excluding hydrogens is 470 g/mol. The van der Waals surface area contributed by atoms with Crippen LogP contribution in [0.25, 0.3) is 16.9 Å². The number of para-hydroxylation sites is 1. The summed E-state index contributed by atoms with van der Waals surface area (Å²) in [7, 11) is 5.56. The molecule has 0 fully saturated rings. The second-order valence-corrected chi connectivity index (χ2v) is 8.30. The number of benzene rings is 2. The highest BCUT2D eigenvalue weighted by atomic mass is 16.5. The summed E-state index contributed by atoms with van der Waals surface area (Å²) in [6.07, 6.45) is 4.56. The van der Waals surface area contributed by atoms with Gasteiger partial charge in [-0.3, -0.25) is 4.79 Å². The maximum absolute atomic E-state index is 12.2. The number of aromatic nitrogens is 5. The molecule has 0 saturated carbocycles. The largest absolute Gasteiger partial charge is 0.494 e. The summed E-state index contributed by atoms with van der Waals surface area (Å²) >= 11 is 0. The maximum Gasteiger partial charge on any atom is 0.247 e. The van der Waals surface area contributed by atoms with Crippen LogP contribution in [0.2, 0.25) is 0 Å². The molecule has 2 aromatic heterocycles. The predicted octanol–water partition coefficient (Wildman–Crippen LogP) is 3.60. The minimum absolute atomic E-state index is 0.317. The Morgan fingerprint density at radius 2 is 1.95 bits per heavy atom. The molecule has 0 aliphatic carbocycles. The molecule has 1 amide bonds. The number of carbonyl (C=O) groups is 1. The third kappa shape index (κ3) is 5.73. The standard InChI is InChI=1S/C26H29N9O2/c1-6-25(36)28-19-16-20(23(37-5)17-22(19)34(7-2)15-14-33(3)4)29-26-27-13-12-24(30-26)35-21-11-9-8-10-18(21)31-32-35/h6-13,16-17H,1-2,14-15H2,3-5H3,(H,28,36)(H,27,29,30). The van der Waals surface area contributed by atoms with E-state index in [4.69, 9.17) is 4.74 Å². The van der Waals surface area contributed by atoms with Crippen LogP contribution in [0.4, 0.5) is 23.0 Å². The van der Waals surface area contributed by atoms with Crippen LogP contribution < -0.4 is 20.3 Å². The number of anilines is 4. The number of nitrogens with one attached hydrogen (secondary N) is 2. The Balaban J connectivity index is 1.71. The first kappa shape index (κ1) is 25.3. The number of fused-ring (bicyclic) bond motifs is 1. The van der Waals surface area contributed by atoms with E-state index in [0.717, 1.165) is 23.3 Å². The van der Waals surface area contributed by atoms with Crippen molar-refractivity contribution < 1.29 is 9.53 Å². The average molecular weight is 500 g/mol. The smallest absolute Gasteiger partial charge is 0.247 e. The number of nitrogens with zero attached hydrogens (tertiary/aromatic N) is 7. The van der Waals surface area contributed by atoms with Crippen molar-refractivity contribution in [2.75, 3.05) is 49.8 Å². The van der Waals surface area contributed by atoms with Crippen LogP contribution >= 0.6 is 0 Å². The molecular formula is C26H29N9O2. The van der Waals surface area contributed by atoms with Crippen molar-refractivity contribution in [3.05, 3.63) is 74.1 Å². The van der Waals surface area contributed by atoms with Crippen LogP contribution in [-0.4, -0.2) is 70.1 Å². The summed E-state index contributed by atoms with van der Waals surface area (Å²) < 4.78 is 7.32. The molecule has 0 unspecified atom stereocenters. The van der Waals surface area contributed by atoms with E-state index in [9.17, 15) is 4.79 Å². The number of methoxy groups -OCH3 is 1. The molecule has 0 bridgehead atoms. The second-order valence-electron chi connectivity index (χ2n) is 8.30. The lowest BCUT2D eigenvalue weighted by atomic mass is 10.2. The Labute approximate surface area is 215 Å². The Hall–Kier alpha value is -4.77. The molecule has 4 aromatic rings. The molecule has 0 aliphatic rings. The van der Waals surface area contributed by atoms with E-state index in [0.29, 0.717) is 35.4 Å². The summed E-state index contributed by atoms with van der Waals surface area (Å²) in [5, 5.41) is 14.5. The fourth-order valence-electron chi connectivity index (χ4n) is 3.66. The first-order chi connectivity index (χ1) is 17.9. The summed E-state index contributed by atoms with van der Waals surface area (Å²) in [6.45, 7) is 8.94. The Kier molecular flexibility index (Phi) is 7.74. The quantitative estimate of drug-likeness (QED) is 0.299. The number of likely N-dealkylation sites (N-methyl/N-ethyl adjacent to an activating group) is 1. The van der Waals surface area contributed by atoms with Gasteiger partial charge in [-0.25, -0.2) is 4.98 Å². The predicted molar refractivity (Wildman–Crippen MR) is 146 cm³/mol. The van der Waals surface area contributed by atoms with Crippen LogP contribution in [0, 0.1) is 0 Å². The molecule has 0 spiro atoms. The molecule has 4 rings (SSSR count). The lowest BCUT2D eigenvalue weighted by molar-refractivity contribution is -0.111. The van der Waals surface area contributed by atoms with Crippen molar-refractivity contribution >= 4 is 40.0 Å². The van der Waals surface area contributed by atoms with Gasteiger partial charge in [0, 0.05) is 31.4 Å². The molecule has 0 saturated heterocycles. The zero-order valence-corrected chi connectivity index (χ0v) is 21.0. The number of hydrogen-bond acceptors (Lipinski definition) is 9. The summed E-state index contributed by atoms with van der Waals surface area (Å²) in [5.41, 5.74) is 3.41. The van der Waals surface area contributed by atoms with Gasteiger partial charge in [-0.1, -0.05) is 30.5 Å². The lowest BCUT2D eigenvalue weighted by Gasteiger charge is -2.26. The third-order valence-electron chi connectivity index (χ3n) is 5.54. The maximum atomic E-state index is 12.2. The van der Waals surface area contributed by atoms with Gasteiger partial charge < -0.3 is 25.2 Å². The van der Waals surface area contributed by atoms with Crippen LogP contribution in [-0.2, 0) is 4.79 Å². The van der Waals surface area contributed by atoms with E-state index < -0.39 is 0 Å². The van der Waals surface area contributed by atoms with Crippen LogP contribution in [0.1, 0.15) is 0 Å². The highest BCUT2D eigenvalue weighted by Gasteiger charge is 2.17. The Bertz CT molecular complexity index is 1430. The van der Waals surface area contributed by atoms with Crippen molar-refractivity contribution in [2.45, 2.75) is 0 Å². The molecule has 37 heavy (non-hydrogen) atoms. The zero-order chi connectivity index (χ0) is 26.4. The monoisotopic (exact) mass is 499 g/mol. The molecule has 2 aromatic carbocycles. The number of hydrogen-bond donors (Lipinski definition) is 2. The van der Waals surface area contributed by atoms with E-state index in [2.05, 4.69) is 49.0 Å². The van der Waals surface area contributed by atoms with E-state index in [1.807, 2.05) is 49.3 Å². The number of ether oxygens (including phenoxy) is 1. The molecule has 0 radical (unpaired) electrons. The van der Waals surface area contributed by atoms with E-state index in [-0.39, 0.29) is 5.91 Å². The van der Waals surface area contributed by atoms with E-state index in [1.165, 1.54) is 6.08 Å². The van der Waals surface area contributed by atoms with Crippen LogP contribution in [0.3, 0.4) is 0 Å². The molecule has 2 heterocycles. The van der Waals surface area contributed by atoms with Crippen LogP contribution in [0.15, 0.2) is 74.1 Å². The molecule has 190 valence electrons. The average Bonchev–Trinajstić information content (AvgIpc) is 3.34. The highest BCUT2D eigenvalue weighted by molar-refractivity contribution is 6.02. The topological polar surface area (TPSA) is 113 Å². The fourth-order valence-corrected chi connectivity index (χ4v) is 3.66. The van der Waals surface area contributed by atoms with E-state index >= 15 is 0 Å². The van der Waals surface area contributed by atoms with Gasteiger partial charge in [-0.2, -0.15) is 9.67 Å². The minimum atomic E-state index is -0.342.